The minimum absolute atomic E-state index is 0.196. The Balaban J connectivity index is 2.23. The number of likely N-dealkylation sites (N-methyl/N-ethyl adjacent to an activating group) is 1. The lowest BCUT2D eigenvalue weighted by Crippen LogP contribution is -2.40. The van der Waals surface area contributed by atoms with Gasteiger partial charge in [-0.15, -0.1) is 0 Å². The van der Waals surface area contributed by atoms with Crippen LogP contribution in [0.1, 0.15) is 26.3 Å². The number of hydrogen-bond donors (Lipinski definition) is 1. The van der Waals surface area contributed by atoms with Crippen LogP contribution in [0.25, 0.3) is 0 Å². The largest absolute Gasteiger partial charge is 0.486 e. The standard InChI is InChI=1S/C15H24N2O/c1-10(2)15-9-17(4)13-8-12(7-11(3)16)5-6-14(13)18-15/h5-6,8,10-11,15H,7,9,16H2,1-4H3. The lowest BCUT2D eigenvalue weighted by molar-refractivity contribution is 0.147. The molecule has 0 amide bonds. The topological polar surface area (TPSA) is 38.5 Å². The predicted octanol–water partition coefficient (Wildman–Crippen LogP) is 2.43. The molecule has 0 fully saturated rings. The molecule has 0 aliphatic carbocycles. The number of fused-ring (bicyclic) bond motifs is 1. The molecular formula is C15H24N2O. The Bertz CT molecular complexity index is 415. The molecule has 0 radical (unpaired) electrons. The maximum absolute atomic E-state index is 6.05. The highest BCUT2D eigenvalue weighted by molar-refractivity contribution is 5.61. The molecule has 2 atom stereocenters. The summed E-state index contributed by atoms with van der Waals surface area (Å²) in [6.45, 7) is 7.39. The van der Waals surface area contributed by atoms with Crippen LogP contribution in [-0.2, 0) is 6.42 Å². The summed E-state index contributed by atoms with van der Waals surface area (Å²) in [6.07, 6.45) is 1.19. The summed E-state index contributed by atoms with van der Waals surface area (Å²) < 4.78 is 6.05. The van der Waals surface area contributed by atoms with Gasteiger partial charge in [0, 0.05) is 13.1 Å². The fourth-order valence-electron chi connectivity index (χ4n) is 2.38. The Morgan fingerprint density at radius 1 is 1.39 bits per heavy atom. The number of hydrogen-bond acceptors (Lipinski definition) is 3. The van der Waals surface area contributed by atoms with E-state index in [-0.39, 0.29) is 12.1 Å². The van der Waals surface area contributed by atoms with Crippen molar-refractivity contribution < 1.29 is 4.74 Å². The van der Waals surface area contributed by atoms with Crippen molar-refractivity contribution in [3.8, 4) is 5.75 Å². The van der Waals surface area contributed by atoms with Gasteiger partial charge in [0.2, 0.25) is 0 Å². The molecule has 1 aromatic carbocycles. The van der Waals surface area contributed by atoms with Gasteiger partial charge in [0.15, 0.2) is 0 Å². The van der Waals surface area contributed by atoms with Gasteiger partial charge in [-0.1, -0.05) is 19.9 Å². The fraction of sp³-hybridized carbons (Fsp3) is 0.600. The quantitative estimate of drug-likeness (QED) is 0.893. The van der Waals surface area contributed by atoms with E-state index in [1.54, 1.807) is 0 Å². The first-order chi connectivity index (χ1) is 8.47. The van der Waals surface area contributed by atoms with Gasteiger partial charge in [-0.2, -0.15) is 0 Å². The second-order valence-corrected chi connectivity index (χ2v) is 5.76. The van der Waals surface area contributed by atoms with E-state index in [1.807, 2.05) is 6.92 Å². The van der Waals surface area contributed by atoms with E-state index in [0.717, 1.165) is 18.7 Å². The molecular weight excluding hydrogens is 224 g/mol. The third kappa shape index (κ3) is 2.78. The highest BCUT2D eigenvalue weighted by Gasteiger charge is 2.25. The molecule has 2 rings (SSSR count). The first-order valence-corrected chi connectivity index (χ1v) is 6.73. The summed E-state index contributed by atoms with van der Waals surface area (Å²) >= 11 is 0. The molecule has 0 aromatic heterocycles. The van der Waals surface area contributed by atoms with E-state index in [2.05, 4.69) is 44.0 Å². The molecule has 1 aliphatic rings. The molecule has 0 spiro atoms. The second kappa shape index (κ2) is 5.19. The minimum Gasteiger partial charge on any atom is -0.486 e. The van der Waals surface area contributed by atoms with Crippen LogP contribution in [0.5, 0.6) is 5.75 Å². The Morgan fingerprint density at radius 3 is 2.72 bits per heavy atom. The Kier molecular flexibility index (Phi) is 3.81. The molecule has 1 aliphatic heterocycles. The number of rotatable bonds is 3. The molecule has 3 heteroatoms. The lowest BCUT2D eigenvalue weighted by Gasteiger charge is -2.36. The average Bonchev–Trinajstić information content (AvgIpc) is 2.28. The van der Waals surface area contributed by atoms with Crippen LogP contribution < -0.4 is 15.4 Å². The summed E-state index contributed by atoms with van der Waals surface area (Å²) in [6, 6.07) is 6.60. The van der Waals surface area contributed by atoms with Gasteiger partial charge < -0.3 is 15.4 Å². The van der Waals surface area contributed by atoms with E-state index >= 15 is 0 Å². The lowest BCUT2D eigenvalue weighted by atomic mass is 10.0. The van der Waals surface area contributed by atoms with Crippen LogP contribution in [0.3, 0.4) is 0 Å². The maximum Gasteiger partial charge on any atom is 0.143 e. The monoisotopic (exact) mass is 248 g/mol. The molecule has 1 aromatic rings. The predicted molar refractivity (Wildman–Crippen MR) is 76.3 cm³/mol. The number of nitrogens with zero attached hydrogens (tertiary/aromatic N) is 1. The molecule has 18 heavy (non-hydrogen) atoms. The van der Waals surface area contributed by atoms with Crippen LogP contribution >= 0.6 is 0 Å². The van der Waals surface area contributed by atoms with Crippen molar-refractivity contribution >= 4 is 5.69 Å². The zero-order valence-electron chi connectivity index (χ0n) is 11.8. The molecule has 0 saturated carbocycles. The van der Waals surface area contributed by atoms with Crippen molar-refractivity contribution in [3.63, 3.8) is 0 Å². The summed E-state index contributed by atoms with van der Waals surface area (Å²) in [7, 11) is 2.13. The normalized spacial score (nSPS) is 20.6. The Morgan fingerprint density at radius 2 is 2.11 bits per heavy atom. The molecule has 0 saturated heterocycles. The van der Waals surface area contributed by atoms with Gasteiger partial charge in [-0.05, 0) is 37.0 Å². The van der Waals surface area contributed by atoms with E-state index < -0.39 is 0 Å². The van der Waals surface area contributed by atoms with Crippen molar-refractivity contribution in [3.05, 3.63) is 23.8 Å². The van der Waals surface area contributed by atoms with Crippen molar-refractivity contribution in [2.24, 2.45) is 11.7 Å². The van der Waals surface area contributed by atoms with Gasteiger partial charge in [0.25, 0.3) is 0 Å². The molecule has 2 unspecified atom stereocenters. The average molecular weight is 248 g/mol. The smallest absolute Gasteiger partial charge is 0.143 e. The van der Waals surface area contributed by atoms with Gasteiger partial charge in [-0.25, -0.2) is 0 Å². The number of ether oxygens (including phenoxy) is 1. The van der Waals surface area contributed by atoms with Crippen LogP contribution in [0.4, 0.5) is 5.69 Å². The van der Waals surface area contributed by atoms with E-state index in [0.29, 0.717) is 5.92 Å². The summed E-state index contributed by atoms with van der Waals surface area (Å²) in [5, 5.41) is 0. The van der Waals surface area contributed by atoms with Crippen LogP contribution in [0.2, 0.25) is 0 Å². The minimum atomic E-state index is 0.196. The highest BCUT2D eigenvalue weighted by Crippen LogP contribution is 2.35. The highest BCUT2D eigenvalue weighted by atomic mass is 16.5. The third-order valence-corrected chi connectivity index (χ3v) is 3.47. The maximum atomic E-state index is 6.05. The van der Waals surface area contributed by atoms with Crippen LogP contribution in [0, 0.1) is 5.92 Å². The Hall–Kier alpha value is -1.22. The van der Waals surface area contributed by atoms with Gasteiger partial charge in [-0.3, -0.25) is 0 Å². The molecule has 2 N–H and O–H groups in total. The van der Waals surface area contributed by atoms with Crippen LogP contribution in [0.15, 0.2) is 18.2 Å². The van der Waals surface area contributed by atoms with Crippen molar-refractivity contribution in [1.82, 2.24) is 0 Å². The molecule has 100 valence electrons. The second-order valence-electron chi connectivity index (χ2n) is 5.76. The first kappa shape index (κ1) is 13.2. The fourth-order valence-corrected chi connectivity index (χ4v) is 2.38. The third-order valence-electron chi connectivity index (χ3n) is 3.47. The van der Waals surface area contributed by atoms with E-state index in [4.69, 9.17) is 10.5 Å². The van der Waals surface area contributed by atoms with E-state index in [1.165, 1.54) is 11.3 Å². The van der Waals surface area contributed by atoms with Crippen LogP contribution in [-0.4, -0.2) is 25.7 Å². The molecule has 1 heterocycles. The van der Waals surface area contributed by atoms with E-state index in [9.17, 15) is 0 Å². The zero-order chi connectivity index (χ0) is 13.3. The number of nitrogens with two attached hydrogens (primary N) is 1. The SMILES string of the molecule is CC(N)Cc1ccc2c(c1)N(C)CC(C(C)C)O2. The van der Waals surface area contributed by atoms with Crippen molar-refractivity contribution in [1.29, 1.82) is 0 Å². The summed E-state index contributed by atoms with van der Waals surface area (Å²) in [4.78, 5) is 2.29. The summed E-state index contributed by atoms with van der Waals surface area (Å²) in [5.74, 6) is 1.53. The van der Waals surface area contributed by atoms with Crippen molar-refractivity contribution in [2.75, 3.05) is 18.5 Å². The van der Waals surface area contributed by atoms with Gasteiger partial charge in [0.1, 0.15) is 11.9 Å². The summed E-state index contributed by atoms with van der Waals surface area (Å²) in [5.41, 5.74) is 8.32. The number of benzene rings is 1. The molecule has 3 nitrogen and oxygen atoms in total. The zero-order valence-corrected chi connectivity index (χ0v) is 11.8. The first-order valence-electron chi connectivity index (χ1n) is 6.73. The van der Waals surface area contributed by atoms with Gasteiger partial charge >= 0.3 is 0 Å². The number of anilines is 1. The van der Waals surface area contributed by atoms with Gasteiger partial charge in [0.05, 0.1) is 12.2 Å². The molecule has 0 bridgehead atoms. The Labute approximate surface area is 110 Å². The van der Waals surface area contributed by atoms with Crippen molar-refractivity contribution in [2.45, 2.75) is 39.3 Å².